The van der Waals surface area contributed by atoms with Gasteiger partial charge in [0.25, 0.3) is 0 Å². The van der Waals surface area contributed by atoms with Crippen LogP contribution in [0.25, 0.3) is 0 Å². The number of hydrogen-bond acceptors (Lipinski definition) is 2. The van der Waals surface area contributed by atoms with Crippen LogP contribution in [0.5, 0.6) is 0 Å². The van der Waals surface area contributed by atoms with E-state index >= 15 is 0 Å². The Hall–Kier alpha value is -0.0800. The van der Waals surface area contributed by atoms with Gasteiger partial charge in [-0.2, -0.15) is 0 Å². The van der Waals surface area contributed by atoms with E-state index in [0.29, 0.717) is 17.9 Å². The van der Waals surface area contributed by atoms with Crippen LogP contribution in [0.2, 0.25) is 0 Å². The lowest BCUT2D eigenvalue weighted by atomic mass is 9.90. The number of hydrogen-bond donors (Lipinski definition) is 1. The molecule has 1 rings (SSSR count). The van der Waals surface area contributed by atoms with E-state index in [2.05, 4.69) is 13.8 Å². The average molecular weight is 157 g/mol. The molecular formula is C9H19NO. The van der Waals surface area contributed by atoms with E-state index in [1.807, 2.05) is 0 Å². The molecule has 2 N–H and O–H groups in total. The highest BCUT2D eigenvalue weighted by Gasteiger charge is 2.23. The van der Waals surface area contributed by atoms with Gasteiger partial charge in [-0.1, -0.05) is 13.8 Å². The highest BCUT2D eigenvalue weighted by Crippen LogP contribution is 2.23. The Labute approximate surface area is 69.1 Å². The summed E-state index contributed by atoms with van der Waals surface area (Å²) in [5, 5.41) is 0. The fraction of sp³-hybridized carbons (Fsp3) is 1.00. The summed E-state index contributed by atoms with van der Waals surface area (Å²) in [5.41, 5.74) is 5.61. The molecule has 66 valence electrons. The Balaban J connectivity index is 2.33. The van der Waals surface area contributed by atoms with Gasteiger partial charge in [0.1, 0.15) is 0 Å². The van der Waals surface area contributed by atoms with Crippen molar-refractivity contribution >= 4 is 0 Å². The maximum atomic E-state index is 5.62. The molecule has 0 amide bonds. The Morgan fingerprint density at radius 3 is 2.82 bits per heavy atom. The second-order valence-electron chi connectivity index (χ2n) is 3.78. The molecule has 0 bridgehead atoms. The fourth-order valence-electron chi connectivity index (χ4n) is 1.58. The fourth-order valence-corrected chi connectivity index (χ4v) is 1.58. The second-order valence-corrected chi connectivity index (χ2v) is 3.78. The summed E-state index contributed by atoms with van der Waals surface area (Å²) in [6.07, 6.45) is 2.77. The summed E-state index contributed by atoms with van der Waals surface area (Å²) in [5.74, 6) is 1.35. The average Bonchev–Trinajstić information content (AvgIpc) is 2.05. The van der Waals surface area contributed by atoms with Gasteiger partial charge >= 0.3 is 0 Å². The van der Waals surface area contributed by atoms with E-state index in [-0.39, 0.29) is 0 Å². The quantitative estimate of drug-likeness (QED) is 0.657. The monoisotopic (exact) mass is 157 g/mol. The normalized spacial score (nSPS) is 32.7. The molecule has 1 aliphatic rings. The summed E-state index contributed by atoms with van der Waals surface area (Å²) in [6, 6.07) is 0. The molecular weight excluding hydrogens is 138 g/mol. The Bertz CT molecular complexity index is 114. The summed E-state index contributed by atoms with van der Waals surface area (Å²) < 4.78 is 5.62. The number of nitrogens with two attached hydrogens (primary N) is 1. The van der Waals surface area contributed by atoms with Crippen LogP contribution in [0.4, 0.5) is 0 Å². The number of ether oxygens (including phenoxy) is 1. The van der Waals surface area contributed by atoms with Crippen LogP contribution >= 0.6 is 0 Å². The van der Waals surface area contributed by atoms with Gasteiger partial charge < -0.3 is 10.5 Å². The van der Waals surface area contributed by atoms with Crippen molar-refractivity contribution in [3.05, 3.63) is 0 Å². The first-order valence-corrected chi connectivity index (χ1v) is 4.55. The van der Waals surface area contributed by atoms with Crippen LogP contribution in [-0.4, -0.2) is 19.3 Å². The minimum absolute atomic E-state index is 0.456. The number of rotatable bonds is 2. The maximum Gasteiger partial charge on any atom is 0.0601 e. The van der Waals surface area contributed by atoms with Crippen molar-refractivity contribution in [2.24, 2.45) is 17.6 Å². The predicted octanol–water partition coefficient (Wildman–Crippen LogP) is 1.40. The molecule has 0 aromatic heterocycles. The lowest BCUT2D eigenvalue weighted by Gasteiger charge is -2.31. The van der Waals surface area contributed by atoms with Crippen LogP contribution in [0.15, 0.2) is 0 Å². The maximum absolute atomic E-state index is 5.62. The molecule has 0 radical (unpaired) electrons. The van der Waals surface area contributed by atoms with Crippen molar-refractivity contribution < 1.29 is 4.74 Å². The van der Waals surface area contributed by atoms with Gasteiger partial charge in [-0.15, -0.1) is 0 Å². The van der Waals surface area contributed by atoms with E-state index in [0.717, 1.165) is 26.0 Å². The molecule has 2 nitrogen and oxygen atoms in total. The molecule has 1 saturated heterocycles. The van der Waals surface area contributed by atoms with Crippen LogP contribution in [0.1, 0.15) is 26.7 Å². The van der Waals surface area contributed by atoms with Crippen molar-refractivity contribution in [3.8, 4) is 0 Å². The third-order valence-corrected chi connectivity index (χ3v) is 2.50. The zero-order valence-electron chi connectivity index (χ0n) is 7.55. The van der Waals surface area contributed by atoms with Crippen molar-refractivity contribution in [3.63, 3.8) is 0 Å². The Kier molecular flexibility index (Phi) is 3.34. The molecule has 11 heavy (non-hydrogen) atoms. The highest BCUT2D eigenvalue weighted by molar-refractivity contribution is 4.74. The van der Waals surface area contributed by atoms with Crippen LogP contribution < -0.4 is 5.73 Å². The molecule has 0 aromatic rings. The van der Waals surface area contributed by atoms with Gasteiger partial charge in [0.15, 0.2) is 0 Å². The van der Waals surface area contributed by atoms with Crippen molar-refractivity contribution in [1.82, 2.24) is 0 Å². The lowest BCUT2D eigenvalue weighted by molar-refractivity contribution is -0.0321. The van der Waals surface area contributed by atoms with Crippen molar-refractivity contribution in [2.75, 3.05) is 13.2 Å². The molecule has 0 spiro atoms. The van der Waals surface area contributed by atoms with Gasteiger partial charge in [-0.25, -0.2) is 0 Å². The van der Waals surface area contributed by atoms with Gasteiger partial charge in [0.05, 0.1) is 6.10 Å². The molecule has 0 unspecified atom stereocenters. The summed E-state index contributed by atoms with van der Waals surface area (Å²) in [7, 11) is 0. The minimum Gasteiger partial charge on any atom is -0.378 e. The van der Waals surface area contributed by atoms with Gasteiger partial charge in [-0.3, -0.25) is 0 Å². The third-order valence-electron chi connectivity index (χ3n) is 2.50. The van der Waals surface area contributed by atoms with E-state index in [1.54, 1.807) is 0 Å². The molecule has 1 fully saturated rings. The topological polar surface area (TPSA) is 35.2 Å². The van der Waals surface area contributed by atoms with Crippen molar-refractivity contribution in [2.45, 2.75) is 32.8 Å². The Morgan fingerprint density at radius 2 is 2.27 bits per heavy atom. The molecule has 1 heterocycles. The van der Waals surface area contributed by atoms with Gasteiger partial charge in [0, 0.05) is 6.61 Å². The molecule has 0 aliphatic carbocycles. The van der Waals surface area contributed by atoms with E-state index in [4.69, 9.17) is 10.5 Å². The first-order valence-electron chi connectivity index (χ1n) is 4.55. The molecule has 2 heteroatoms. The minimum atomic E-state index is 0.456. The van der Waals surface area contributed by atoms with Crippen LogP contribution in [0.3, 0.4) is 0 Å². The van der Waals surface area contributed by atoms with E-state index in [1.165, 1.54) is 0 Å². The summed E-state index contributed by atoms with van der Waals surface area (Å²) in [6.45, 7) is 6.16. The molecule has 0 saturated carbocycles. The van der Waals surface area contributed by atoms with Gasteiger partial charge in [0.2, 0.25) is 0 Å². The van der Waals surface area contributed by atoms with E-state index < -0.39 is 0 Å². The first-order chi connectivity index (χ1) is 5.24. The van der Waals surface area contributed by atoms with Crippen LogP contribution in [-0.2, 0) is 4.74 Å². The molecule has 2 atom stereocenters. The van der Waals surface area contributed by atoms with Crippen LogP contribution in [0, 0.1) is 11.8 Å². The summed E-state index contributed by atoms with van der Waals surface area (Å²) in [4.78, 5) is 0. The smallest absolute Gasteiger partial charge is 0.0601 e. The zero-order valence-corrected chi connectivity index (χ0v) is 7.55. The molecule has 0 aromatic carbocycles. The SMILES string of the molecule is CC(C)[C@@H]1C[C@H](CN)CCO1. The largest absolute Gasteiger partial charge is 0.378 e. The standard InChI is InChI=1S/C9H19NO/c1-7(2)9-5-8(6-10)3-4-11-9/h7-9H,3-6,10H2,1-2H3/t8-,9+/m1/s1. The first kappa shape index (κ1) is 9.01. The highest BCUT2D eigenvalue weighted by atomic mass is 16.5. The lowest BCUT2D eigenvalue weighted by Crippen LogP contribution is -2.32. The Morgan fingerprint density at radius 1 is 1.55 bits per heavy atom. The van der Waals surface area contributed by atoms with Crippen molar-refractivity contribution in [1.29, 1.82) is 0 Å². The van der Waals surface area contributed by atoms with Gasteiger partial charge in [-0.05, 0) is 31.2 Å². The summed E-state index contributed by atoms with van der Waals surface area (Å²) >= 11 is 0. The van der Waals surface area contributed by atoms with E-state index in [9.17, 15) is 0 Å². The third kappa shape index (κ3) is 2.46. The zero-order chi connectivity index (χ0) is 8.27. The predicted molar refractivity (Wildman–Crippen MR) is 46.4 cm³/mol. The molecule has 1 aliphatic heterocycles. The second kappa shape index (κ2) is 4.07.